The Balaban J connectivity index is 1.69. The highest BCUT2D eigenvalue weighted by atomic mass is 16.5. The van der Waals surface area contributed by atoms with Crippen LogP contribution in [0.25, 0.3) is 0 Å². The van der Waals surface area contributed by atoms with Crippen molar-refractivity contribution in [1.82, 2.24) is 4.90 Å². The summed E-state index contributed by atoms with van der Waals surface area (Å²) in [6.07, 6.45) is 0.563. The van der Waals surface area contributed by atoms with Gasteiger partial charge in [0.1, 0.15) is 35.2 Å². The van der Waals surface area contributed by atoms with Gasteiger partial charge in [-0.3, -0.25) is 4.79 Å². The van der Waals surface area contributed by atoms with E-state index in [1.165, 1.54) is 11.0 Å². The Kier molecular flexibility index (Phi) is 4.88. The highest BCUT2D eigenvalue weighted by Crippen LogP contribution is 2.31. The molecule has 1 atom stereocenters. The third-order valence-electron chi connectivity index (χ3n) is 4.49. The van der Waals surface area contributed by atoms with Crippen LogP contribution in [-0.2, 0) is 17.8 Å². The molecular formula is C19H21NO6. The summed E-state index contributed by atoms with van der Waals surface area (Å²) in [4.78, 5) is 25.4. The van der Waals surface area contributed by atoms with Gasteiger partial charge in [-0.1, -0.05) is 0 Å². The van der Waals surface area contributed by atoms with Crippen molar-refractivity contribution in [3.8, 4) is 11.5 Å². The lowest BCUT2D eigenvalue weighted by atomic mass is 9.95. The van der Waals surface area contributed by atoms with Crippen LogP contribution in [0.3, 0.4) is 0 Å². The number of amides is 1. The first-order valence-electron chi connectivity index (χ1n) is 8.26. The zero-order valence-corrected chi connectivity index (χ0v) is 14.9. The molecule has 2 aromatic rings. The molecule has 0 bridgehead atoms. The zero-order valence-electron chi connectivity index (χ0n) is 14.9. The predicted octanol–water partition coefficient (Wildman–Crippen LogP) is 2.50. The van der Waals surface area contributed by atoms with Gasteiger partial charge >= 0.3 is 5.97 Å². The number of carbonyl (C=O) groups is 2. The van der Waals surface area contributed by atoms with Crippen LogP contribution in [0.2, 0.25) is 0 Å². The molecule has 3 rings (SSSR count). The highest BCUT2D eigenvalue weighted by molar-refractivity contribution is 5.88. The van der Waals surface area contributed by atoms with Crippen molar-refractivity contribution >= 4 is 11.9 Å². The van der Waals surface area contributed by atoms with Gasteiger partial charge in [0.2, 0.25) is 5.91 Å². The number of hydrogen-bond donors (Lipinski definition) is 1. The predicted molar refractivity (Wildman–Crippen MR) is 92.6 cm³/mol. The maximum Gasteiger partial charge on any atom is 0.339 e. The van der Waals surface area contributed by atoms with Gasteiger partial charge in [0.15, 0.2) is 0 Å². The van der Waals surface area contributed by atoms with E-state index in [4.69, 9.17) is 19.0 Å². The quantitative estimate of drug-likeness (QED) is 0.882. The number of fused-ring (bicyclic) bond motifs is 1. The summed E-state index contributed by atoms with van der Waals surface area (Å²) >= 11 is 0. The van der Waals surface area contributed by atoms with Gasteiger partial charge < -0.3 is 23.9 Å². The van der Waals surface area contributed by atoms with E-state index in [2.05, 4.69) is 0 Å². The number of carbonyl (C=O) groups excluding carboxylic acids is 1. The average molecular weight is 359 g/mol. The molecule has 1 amide bonds. The summed E-state index contributed by atoms with van der Waals surface area (Å²) in [5, 5.41) is 9.09. The third kappa shape index (κ3) is 3.51. The van der Waals surface area contributed by atoms with Gasteiger partial charge in [0.25, 0.3) is 0 Å². The largest absolute Gasteiger partial charge is 0.497 e. The first-order chi connectivity index (χ1) is 12.4. The number of methoxy groups -OCH3 is 1. The van der Waals surface area contributed by atoms with Crippen molar-refractivity contribution in [1.29, 1.82) is 0 Å². The molecule has 0 fully saturated rings. The number of ether oxygens (including phenoxy) is 2. The van der Waals surface area contributed by atoms with Crippen LogP contribution in [0, 0.1) is 12.8 Å². The van der Waals surface area contributed by atoms with E-state index in [0.717, 1.165) is 17.1 Å². The van der Waals surface area contributed by atoms with Gasteiger partial charge in [-0.05, 0) is 43.2 Å². The molecule has 1 aliphatic heterocycles. The maximum absolute atomic E-state index is 12.7. The molecule has 0 aliphatic carbocycles. The number of rotatable bonds is 5. The van der Waals surface area contributed by atoms with Crippen molar-refractivity contribution in [2.45, 2.75) is 19.9 Å². The van der Waals surface area contributed by atoms with Gasteiger partial charge in [-0.25, -0.2) is 4.79 Å². The highest BCUT2D eigenvalue weighted by Gasteiger charge is 2.29. The molecule has 0 spiro atoms. The number of carboxylic acids is 1. The van der Waals surface area contributed by atoms with E-state index in [9.17, 15) is 9.59 Å². The fourth-order valence-corrected chi connectivity index (χ4v) is 3.11. The van der Waals surface area contributed by atoms with Crippen LogP contribution in [-0.4, -0.2) is 42.6 Å². The Hall–Kier alpha value is -2.96. The molecule has 0 radical (unpaired) electrons. The van der Waals surface area contributed by atoms with Crippen molar-refractivity contribution < 1.29 is 28.6 Å². The van der Waals surface area contributed by atoms with Gasteiger partial charge in [-0.15, -0.1) is 0 Å². The van der Waals surface area contributed by atoms with E-state index in [0.29, 0.717) is 24.5 Å². The first-order valence-corrected chi connectivity index (χ1v) is 8.26. The minimum atomic E-state index is -1.04. The minimum absolute atomic E-state index is 0.0793. The minimum Gasteiger partial charge on any atom is -0.497 e. The molecule has 26 heavy (non-hydrogen) atoms. The monoisotopic (exact) mass is 359 g/mol. The summed E-state index contributed by atoms with van der Waals surface area (Å²) in [7, 11) is 3.26. The average Bonchev–Trinajstić information content (AvgIpc) is 3.00. The summed E-state index contributed by atoms with van der Waals surface area (Å²) in [5.74, 6) is 0.827. The molecule has 1 N–H and O–H groups in total. The van der Waals surface area contributed by atoms with Gasteiger partial charge in [0, 0.05) is 7.05 Å². The topological polar surface area (TPSA) is 89.2 Å². The molecule has 0 saturated heterocycles. The van der Waals surface area contributed by atoms with Gasteiger partial charge in [0.05, 0.1) is 19.6 Å². The number of benzene rings is 1. The van der Waals surface area contributed by atoms with Crippen LogP contribution < -0.4 is 9.47 Å². The number of nitrogens with zero attached hydrogens (tertiary/aromatic N) is 1. The fourth-order valence-electron chi connectivity index (χ4n) is 3.11. The Morgan fingerprint density at radius 1 is 1.35 bits per heavy atom. The van der Waals surface area contributed by atoms with Crippen molar-refractivity contribution in [2.24, 2.45) is 5.92 Å². The van der Waals surface area contributed by atoms with Crippen LogP contribution >= 0.6 is 0 Å². The third-order valence-corrected chi connectivity index (χ3v) is 4.49. The van der Waals surface area contributed by atoms with Crippen LogP contribution in [0.4, 0.5) is 0 Å². The molecule has 2 heterocycles. The second-order valence-electron chi connectivity index (χ2n) is 6.37. The van der Waals surface area contributed by atoms with Crippen LogP contribution in [0.15, 0.2) is 28.7 Å². The summed E-state index contributed by atoms with van der Waals surface area (Å²) in [6.45, 7) is 2.10. The Bertz CT molecular complexity index is 841. The Labute approximate surface area is 151 Å². The van der Waals surface area contributed by atoms with Gasteiger partial charge in [-0.2, -0.15) is 0 Å². The van der Waals surface area contributed by atoms with E-state index in [1.807, 2.05) is 18.2 Å². The normalized spacial score (nSPS) is 15.7. The van der Waals surface area contributed by atoms with E-state index in [1.54, 1.807) is 21.1 Å². The number of hydrogen-bond acceptors (Lipinski definition) is 5. The number of furan rings is 1. The standard InChI is InChI=1S/C19H21NO6/c1-11-16(19(22)23)8-15(26-11)9-20(2)18(21)13-6-12-7-14(24-3)4-5-17(12)25-10-13/h4-5,7-8,13H,6,9-10H2,1-3H3,(H,22,23). The molecular weight excluding hydrogens is 338 g/mol. The van der Waals surface area contributed by atoms with Crippen LogP contribution in [0.5, 0.6) is 11.5 Å². The summed E-state index contributed by atoms with van der Waals surface area (Å²) in [5.41, 5.74) is 1.05. The lowest BCUT2D eigenvalue weighted by Gasteiger charge is -2.28. The smallest absolute Gasteiger partial charge is 0.339 e. The van der Waals surface area contributed by atoms with Crippen molar-refractivity contribution in [3.05, 3.63) is 46.9 Å². The second-order valence-corrected chi connectivity index (χ2v) is 6.37. The molecule has 1 aliphatic rings. The lowest BCUT2D eigenvalue weighted by molar-refractivity contribution is -0.136. The van der Waals surface area contributed by atoms with E-state index in [-0.39, 0.29) is 23.9 Å². The number of aryl methyl sites for hydroxylation is 1. The summed E-state index contributed by atoms with van der Waals surface area (Å²) in [6, 6.07) is 7.01. The maximum atomic E-state index is 12.7. The molecule has 138 valence electrons. The SMILES string of the molecule is COc1ccc2c(c1)CC(C(=O)N(C)Cc1cc(C(=O)O)c(C)o1)CO2. The first kappa shape index (κ1) is 17.8. The fraction of sp³-hybridized carbons (Fsp3) is 0.368. The Morgan fingerprint density at radius 2 is 2.12 bits per heavy atom. The zero-order chi connectivity index (χ0) is 18.8. The van der Waals surface area contributed by atoms with Crippen molar-refractivity contribution in [3.63, 3.8) is 0 Å². The molecule has 7 nitrogen and oxygen atoms in total. The molecule has 0 saturated carbocycles. The lowest BCUT2D eigenvalue weighted by Crippen LogP contribution is -2.38. The van der Waals surface area contributed by atoms with E-state index >= 15 is 0 Å². The second kappa shape index (κ2) is 7.11. The molecule has 1 unspecified atom stereocenters. The molecule has 7 heteroatoms. The van der Waals surface area contributed by atoms with Crippen molar-refractivity contribution in [2.75, 3.05) is 20.8 Å². The molecule has 1 aromatic carbocycles. The Morgan fingerprint density at radius 3 is 2.77 bits per heavy atom. The van der Waals surface area contributed by atoms with E-state index < -0.39 is 5.97 Å². The van der Waals surface area contributed by atoms with Crippen LogP contribution in [0.1, 0.15) is 27.4 Å². The summed E-state index contributed by atoms with van der Waals surface area (Å²) < 4.78 is 16.4. The number of carboxylic acid groups (broad SMARTS) is 1. The number of aromatic carboxylic acids is 1. The molecule has 1 aromatic heterocycles.